The molecule has 2 amide bonds. The zero-order valence-electron chi connectivity index (χ0n) is 9.28. The maximum atomic E-state index is 12.2. The molecule has 0 radical (unpaired) electrons. The zero-order chi connectivity index (χ0) is 13.9. The fourth-order valence-electron chi connectivity index (χ4n) is 1.05. The van der Waals surface area contributed by atoms with Gasteiger partial charge in [-0.1, -0.05) is 0 Å². The highest BCUT2D eigenvalue weighted by Crippen LogP contribution is 2.27. The Hall–Kier alpha value is -2.12. The Morgan fingerprint density at radius 3 is 2.39 bits per heavy atom. The Balaban J connectivity index is 2.80. The number of rotatable bonds is 3. The number of pyridine rings is 1. The molecule has 5 nitrogen and oxygen atoms in total. The minimum Gasteiger partial charge on any atom is -0.368 e. The summed E-state index contributed by atoms with van der Waals surface area (Å²) >= 11 is 0. The van der Waals surface area contributed by atoms with E-state index in [4.69, 9.17) is 5.73 Å². The van der Waals surface area contributed by atoms with Crippen molar-refractivity contribution in [3.05, 3.63) is 29.6 Å². The summed E-state index contributed by atoms with van der Waals surface area (Å²) in [5.74, 6) is -1.47. The smallest absolute Gasteiger partial charge is 0.368 e. The van der Waals surface area contributed by atoms with Gasteiger partial charge in [-0.15, -0.1) is 0 Å². The number of aromatic nitrogens is 1. The average molecular weight is 261 g/mol. The van der Waals surface area contributed by atoms with Gasteiger partial charge in [-0.25, -0.2) is 0 Å². The minimum atomic E-state index is -4.56. The molecule has 0 saturated heterocycles. The van der Waals surface area contributed by atoms with Gasteiger partial charge in [-0.2, -0.15) is 13.2 Å². The summed E-state index contributed by atoms with van der Waals surface area (Å²) in [6.07, 6.45) is -3.78. The molecule has 0 bridgehead atoms. The number of hydrogen-bond acceptors (Lipinski definition) is 3. The first kappa shape index (κ1) is 13.9. The normalized spacial score (nSPS) is 12.9. The lowest BCUT2D eigenvalue weighted by Gasteiger charge is -2.10. The largest absolute Gasteiger partial charge is 0.433 e. The molecule has 1 aromatic heterocycles. The van der Waals surface area contributed by atoms with Crippen LogP contribution in [0.15, 0.2) is 18.3 Å². The lowest BCUT2D eigenvalue weighted by Crippen LogP contribution is -2.42. The molecule has 18 heavy (non-hydrogen) atoms. The van der Waals surface area contributed by atoms with Crippen molar-refractivity contribution < 1.29 is 22.8 Å². The van der Waals surface area contributed by atoms with E-state index in [1.54, 1.807) is 0 Å². The molecule has 98 valence electrons. The van der Waals surface area contributed by atoms with E-state index in [1.165, 1.54) is 6.92 Å². The van der Waals surface area contributed by atoms with Crippen molar-refractivity contribution in [1.82, 2.24) is 10.3 Å². The number of nitrogens with one attached hydrogen (secondary N) is 1. The molecule has 0 saturated carbocycles. The minimum absolute atomic E-state index is 0.0869. The Kier molecular flexibility index (Phi) is 3.89. The van der Waals surface area contributed by atoms with Crippen LogP contribution in [0.5, 0.6) is 0 Å². The number of amides is 2. The molecule has 0 aliphatic carbocycles. The second-order valence-corrected chi connectivity index (χ2v) is 3.53. The molecule has 0 aliphatic heterocycles. The maximum Gasteiger partial charge on any atom is 0.433 e. The number of halogens is 3. The van der Waals surface area contributed by atoms with E-state index in [-0.39, 0.29) is 5.56 Å². The van der Waals surface area contributed by atoms with Gasteiger partial charge in [-0.3, -0.25) is 14.6 Å². The summed E-state index contributed by atoms with van der Waals surface area (Å²) in [5.41, 5.74) is 3.74. The highest BCUT2D eigenvalue weighted by molar-refractivity contribution is 5.96. The van der Waals surface area contributed by atoms with Gasteiger partial charge in [0.15, 0.2) is 0 Å². The number of primary amides is 1. The van der Waals surface area contributed by atoms with E-state index in [0.29, 0.717) is 6.07 Å². The van der Waals surface area contributed by atoms with Crippen LogP contribution in [-0.2, 0) is 11.0 Å². The van der Waals surface area contributed by atoms with Crippen LogP contribution in [0, 0.1) is 0 Å². The van der Waals surface area contributed by atoms with E-state index >= 15 is 0 Å². The van der Waals surface area contributed by atoms with Crippen LogP contribution in [0.3, 0.4) is 0 Å². The lowest BCUT2D eigenvalue weighted by atomic mass is 10.2. The molecule has 1 heterocycles. The second-order valence-electron chi connectivity index (χ2n) is 3.53. The van der Waals surface area contributed by atoms with Crippen molar-refractivity contribution in [3.63, 3.8) is 0 Å². The van der Waals surface area contributed by atoms with Gasteiger partial charge < -0.3 is 11.1 Å². The first-order valence-corrected chi connectivity index (χ1v) is 4.85. The molecular weight excluding hydrogens is 251 g/mol. The van der Waals surface area contributed by atoms with Gasteiger partial charge in [0.2, 0.25) is 5.91 Å². The average Bonchev–Trinajstić information content (AvgIpc) is 2.27. The molecule has 3 N–H and O–H groups in total. The highest BCUT2D eigenvalue weighted by Gasteiger charge is 2.32. The van der Waals surface area contributed by atoms with Gasteiger partial charge in [0.05, 0.1) is 5.56 Å². The molecule has 8 heteroatoms. The quantitative estimate of drug-likeness (QED) is 0.840. The van der Waals surface area contributed by atoms with Crippen LogP contribution >= 0.6 is 0 Å². The van der Waals surface area contributed by atoms with Crippen LogP contribution < -0.4 is 11.1 Å². The number of alkyl halides is 3. The number of nitrogens with zero attached hydrogens (tertiary/aromatic N) is 1. The molecule has 0 aromatic carbocycles. The Morgan fingerprint density at radius 2 is 2.00 bits per heavy atom. The first-order valence-electron chi connectivity index (χ1n) is 4.85. The highest BCUT2D eigenvalue weighted by atomic mass is 19.4. The van der Waals surface area contributed by atoms with E-state index < -0.39 is 29.7 Å². The third-order valence-electron chi connectivity index (χ3n) is 2.09. The standard InChI is InChI=1S/C10H10F3N3O2/c1-5(8(14)17)16-9(18)6-2-3-7(15-4-6)10(11,12)13/h2-5H,1H3,(H2,14,17)(H,16,18). The van der Waals surface area contributed by atoms with E-state index in [2.05, 4.69) is 10.3 Å². The molecule has 1 rings (SSSR count). The maximum absolute atomic E-state index is 12.2. The number of carbonyl (C=O) groups excluding carboxylic acids is 2. The molecule has 1 atom stereocenters. The fraction of sp³-hybridized carbons (Fsp3) is 0.300. The van der Waals surface area contributed by atoms with Gasteiger partial charge in [0.25, 0.3) is 5.91 Å². The molecular formula is C10H10F3N3O2. The number of hydrogen-bond donors (Lipinski definition) is 2. The van der Waals surface area contributed by atoms with Crippen molar-refractivity contribution in [2.45, 2.75) is 19.1 Å². The van der Waals surface area contributed by atoms with Gasteiger partial charge >= 0.3 is 6.18 Å². The molecule has 1 unspecified atom stereocenters. The Morgan fingerprint density at radius 1 is 1.39 bits per heavy atom. The molecule has 0 spiro atoms. The van der Waals surface area contributed by atoms with Crippen molar-refractivity contribution in [2.24, 2.45) is 5.73 Å². The Bertz CT molecular complexity index is 456. The molecule has 1 aromatic rings. The van der Waals surface area contributed by atoms with Gasteiger partial charge in [0, 0.05) is 6.20 Å². The van der Waals surface area contributed by atoms with Crippen molar-refractivity contribution in [1.29, 1.82) is 0 Å². The van der Waals surface area contributed by atoms with Crippen LogP contribution in [0.4, 0.5) is 13.2 Å². The van der Waals surface area contributed by atoms with Gasteiger partial charge in [-0.05, 0) is 19.1 Å². The van der Waals surface area contributed by atoms with E-state index in [9.17, 15) is 22.8 Å². The second kappa shape index (κ2) is 5.03. The summed E-state index contributed by atoms with van der Waals surface area (Å²) in [5, 5.41) is 2.22. The summed E-state index contributed by atoms with van der Waals surface area (Å²) < 4.78 is 36.6. The molecule has 0 fully saturated rings. The summed E-state index contributed by atoms with van der Waals surface area (Å²) in [7, 11) is 0. The Labute approximate surface area is 100 Å². The van der Waals surface area contributed by atoms with E-state index in [0.717, 1.165) is 12.3 Å². The van der Waals surface area contributed by atoms with Crippen molar-refractivity contribution in [2.75, 3.05) is 0 Å². The summed E-state index contributed by atoms with van der Waals surface area (Å²) in [4.78, 5) is 25.3. The summed E-state index contributed by atoms with van der Waals surface area (Å²) in [6, 6.07) is 0.739. The van der Waals surface area contributed by atoms with E-state index in [1.807, 2.05) is 0 Å². The number of carbonyl (C=O) groups is 2. The number of nitrogens with two attached hydrogens (primary N) is 1. The molecule has 0 aliphatic rings. The topological polar surface area (TPSA) is 85.1 Å². The first-order chi connectivity index (χ1) is 8.21. The van der Waals surface area contributed by atoms with Gasteiger partial charge in [0.1, 0.15) is 11.7 Å². The van der Waals surface area contributed by atoms with Crippen LogP contribution in [0.1, 0.15) is 23.0 Å². The summed E-state index contributed by atoms with van der Waals surface area (Å²) in [6.45, 7) is 1.36. The van der Waals surface area contributed by atoms with Crippen molar-refractivity contribution >= 4 is 11.8 Å². The van der Waals surface area contributed by atoms with Crippen LogP contribution in [0.2, 0.25) is 0 Å². The zero-order valence-corrected chi connectivity index (χ0v) is 9.28. The predicted molar refractivity (Wildman–Crippen MR) is 55.4 cm³/mol. The SMILES string of the molecule is CC(NC(=O)c1ccc(C(F)(F)F)nc1)C(N)=O. The third kappa shape index (κ3) is 3.44. The van der Waals surface area contributed by atoms with Crippen LogP contribution in [0.25, 0.3) is 0 Å². The van der Waals surface area contributed by atoms with Crippen molar-refractivity contribution in [3.8, 4) is 0 Å². The monoisotopic (exact) mass is 261 g/mol. The third-order valence-corrected chi connectivity index (χ3v) is 2.09. The van der Waals surface area contributed by atoms with Crippen LogP contribution in [-0.4, -0.2) is 22.8 Å². The predicted octanol–water partition coefficient (Wildman–Crippen LogP) is 0.704. The lowest BCUT2D eigenvalue weighted by molar-refractivity contribution is -0.141. The fourth-order valence-corrected chi connectivity index (χ4v) is 1.05.